The molecule has 0 unspecified atom stereocenters. The lowest BCUT2D eigenvalue weighted by Gasteiger charge is -2.25. The van der Waals surface area contributed by atoms with Crippen molar-refractivity contribution in [3.63, 3.8) is 0 Å². The third-order valence-corrected chi connectivity index (χ3v) is 6.98. The molecular weight excluding hydrogens is 558 g/mol. The molecule has 0 spiro atoms. The van der Waals surface area contributed by atoms with Crippen molar-refractivity contribution in [1.82, 2.24) is 19.4 Å². The number of carbonyl (C=O) groups excluding carboxylic acids is 3. The summed E-state index contributed by atoms with van der Waals surface area (Å²) in [5, 5.41) is 6.92. The Labute approximate surface area is 257 Å². The summed E-state index contributed by atoms with van der Waals surface area (Å²) in [5.41, 5.74) is 4.75. The summed E-state index contributed by atoms with van der Waals surface area (Å²) in [4.78, 5) is 51.4. The number of rotatable bonds is 11. The number of carbonyl (C=O) groups is 3. The Morgan fingerprint density at radius 1 is 1.09 bits per heavy atom. The maximum atomic E-state index is 13.2. The molecule has 11 nitrogen and oxygen atoms in total. The summed E-state index contributed by atoms with van der Waals surface area (Å²) in [6.45, 7) is 12.1. The van der Waals surface area contributed by atoms with Gasteiger partial charge in [0, 0.05) is 56.1 Å². The molecule has 2 aromatic carbocycles. The van der Waals surface area contributed by atoms with Crippen LogP contribution < -0.4 is 15.5 Å². The highest BCUT2D eigenvalue weighted by Crippen LogP contribution is 2.35. The molecule has 0 aliphatic heterocycles. The molecule has 1 amide bonds. The van der Waals surface area contributed by atoms with Gasteiger partial charge in [0.1, 0.15) is 5.56 Å². The molecule has 4 aromatic rings. The molecule has 2 aromatic heterocycles. The fraction of sp³-hybridized carbons (Fsp3) is 0.303. The first kappa shape index (κ1) is 31.9. The second-order valence-electron chi connectivity index (χ2n) is 11.1. The number of aryl methyl sites for hydroxylation is 1. The fourth-order valence-electron chi connectivity index (χ4n) is 4.72. The molecule has 0 aliphatic rings. The Bertz CT molecular complexity index is 1720. The lowest BCUT2D eigenvalue weighted by molar-refractivity contribution is -0.111. The predicted molar refractivity (Wildman–Crippen MR) is 175 cm³/mol. The lowest BCUT2D eigenvalue weighted by Crippen LogP contribution is -2.29. The van der Waals surface area contributed by atoms with Crippen LogP contribution in [-0.4, -0.2) is 77.6 Å². The highest BCUT2D eigenvalue weighted by molar-refractivity contribution is 6.05. The molecule has 11 heteroatoms. The van der Waals surface area contributed by atoms with Gasteiger partial charge in [-0.3, -0.25) is 14.2 Å². The Hall–Kier alpha value is -5.03. The molecule has 0 saturated carbocycles. The van der Waals surface area contributed by atoms with Gasteiger partial charge in [-0.1, -0.05) is 24.8 Å². The number of likely N-dealkylation sites (N-methyl/N-ethyl adjacent to an activating group) is 2. The van der Waals surface area contributed by atoms with Crippen molar-refractivity contribution in [3.05, 3.63) is 72.6 Å². The SMILES string of the molecule is C=CC(=O)Nc1cc(Nc2ncc(C(=O)OC(C)C)c(-c3cn(C(C)=O)c4ccccc34)n2)c(C)cc1N(C)CCN(C)C. The Morgan fingerprint density at radius 2 is 1.82 bits per heavy atom. The maximum absolute atomic E-state index is 13.2. The molecule has 0 atom stereocenters. The summed E-state index contributed by atoms with van der Waals surface area (Å²) in [6.07, 6.45) is 3.97. The van der Waals surface area contributed by atoms with Crippen LogP contribution in [0, 0.1) is 6.92 Å². The second-order valence-corrected chi connectivity index (χ2v) is 11.1. The highest BCUT2D eigenvalue weighted by Gasteiger charge is 2.23. The lowest BCUT2D eigenvalue weighted by atomic mass is 10.1. The number of hydrogen-bond acceptors (Lipinski definition) is 9. The minimum absolute atomic E-state index is 0.171. The number of fused-ring (bicyclic) bond motifs is 1. The molecule has 230 valence electrons. The van der Waals surface area contributed by atoms with E-state index in [1.54, 1.807) is 20.0 Å². The number of aromatic nitrogens is 3. The number of benzene rings is 2. The van der Waals surface area contributed by atoms with E-state index in [-0.39, 0.29) is 29.4 Å². The molecule has 2 heterocycles. The molecule has 0 aliphatic carbocycles. The third-order valence-electron chi connectivity index (χ3n) is 6.98. The average Bonchev–Trinajstić information content (AvgIpc) is 3.37. The van der Waals surface area contributed by atoms with E-state index in [1.807, 2.05) is 64.5 Å². The van der Waals surface area contributed by atoms with E-state index in [9.17, 15) is 14.4 Å². The number of ether oxygens (including phenoxy) is 1. The Kier molecular flexibility index (Phi) is 9.80. The normalized spacial score (nSPS) is 11.1. The number of esters is 1. The standard InChI is InChI=1S/C33H39N7O4/c1-9-30(42)35-27-17-26(21(4)16-29(27)39(8)15-14-38(6)7)36-33-34-18-24(32(43)44-20(2)3)31(37-33)25-19-40(22(5)41)28-13-11-10-12-23(25)28/h9-13,16-20H,1,14-15H2,2-8H3,(H,35,42)(H,34,36,37). The van der Waals surface area contributed by atoms with E-state index in [2.05, 4.69) is 32.0 Å². The van der Waals surface area contributed by atoms with Crippen molar-refractivity contribution >= 4 is 51.7 Å². The van der Waals surface area contributed by atoms with Crippen molar-refractivity contribution in [2.45, 2.75) is 33.8 Å². The van der Waals surface area contributed by atoms with Crippen molar-refractivity contribution < 1.29 is 19.1 Å². The van der Waals surface area contributed by atoms with Crippen LogP contribution in [0.1, 0.15) is 41.5 Å². The van der Waals surface area contributed by atoms with Crippen LogP contribution in [0.3, 0.4) is 0 Å². The summed E-state index contributed by atoms with van der Waals surface area (Å²) in [7, 11) is 5.98. The van der Waals surface area contributed by atoms with Crippen molar-refractivity contribution in [1.29, 1.82) is 0 Å². The summed E-state index contributed by atoms with van der Waals surface area (Å²) >= 11 is 0. The Morgan fingerprint density at radius 3 is 2.48 bits per heavy atom. The van der Waals surface area contributed by atoms with Gasteiger partial charge in [0.25, 0.3) is 0 Å². The number of amides is 1. The monoisotopic (exact) mass is 597 g/mol. The topological polar surface area (TPSA) is 122 Å². The summed E-state index contributed by atoms with van der Waals surface area (Å²) in [5.74, 6) is -0.863. The zero-order chi connectivity index (χ0) is 32.1. The van der Waals surface area contributed by atoms with E-state index in [4.69, 9.17) is 9.72 Å². The number of hydrogen-bond donors (Lipinski definition) is 2. The number of anilines is 4. The zero-order valence-electron chi connectivity index (χ0n) is 26.3. The summed E-state index contributed by atoms with van der Waals surface area (Å²) in [6, 6.07) is 11.2. The smallest absolute Gasteiger partial charge is 0.342 e. The van der Waals surface area contributed by atoms with Gasteiger partial charge < -0.3 is 25.2 Å². The predicted octanol–water partition coefficient (Wildman–Crippen LogP) is 5.50. The quantitative estimate of drug-likeness (QED) is 0.171. The average molecular weight is 598 g/mol. The van der Waals surface area contributed by atoms with Gasteiger partial charge in [0.05, 0.1) is 28.7 Å². The molecule has 2 N–H and O–H groups in total. The van der Waals surface area contributed by atoms with Crippen molar-refractivity contribution in [2.24, 2.45) is 0 Å². The van der Waals surface area contributed by atoms with E-state index < -0.39 is 5.97 Å². The molecule has 4 rings (SSSR count). The van der Waals surface area contributed by atoms with E-state index in [1.165, 1.54) is 23.8 Å². The van der Waals surface area contributed by atoms with Gasteiger partial charge in [0.2, 0.25) is 17.8 Å². The molecule has 0 saturated heterocycles. The molecule has 44 heavy (non-hydrogen) atoms. The first-order valence-corrected chi connectivity index (χ1v) is 14.3. The highest BCUT2D eigenvalue weighted by atomic mass is 16.5. The number of nitrogens with zero attached hydrogens (tertiary/aromatic N) is 5. The largest absolute Gasteiger partial charge is 0.459 e. The van der Waals surface area contributed by atoms with Gasteiger partial charge >= 0.3 is 5.97 Å². The summed E-state index contributed by atoms with van der Waals surface area (Å²) < 4.78 is 7.04. The second kappa shape index (κ2) is 13.5. The molecule has 0 fully saturated rings. The molecular formula is C33H39N7O4. The first-order chi connectivity index (χ1) is 20.9. The zero-order valence-corrected chi connectivity index (χ0v) is 26.3. The van der Waals surface area contributed by atoms with E-state index >= 15 is 0 Å². The van der Waals surface area contributed by atoms with E-state index in [0.717, 1.165) is 29.7 Å². The number of nitrogens with one attached hydrogen (secondary N) is 2. The maximum Gasteiger partial charge on any atom is 0.342 e. The Balaban J connectivity index is 1.82. The van der Waals surface area contributed by atoms with Gasteiger partial charge in [-0.2, -0.15) is 0 Å². The van der Waals surface area contributed by atoms with Crippen LogP contribution in [0.15, 0.2) is 61.4 Å². The van der Waals surface area contributed by atoms with Crippen LogP contribution in [0.4, 0.5) is 23.0 Å². The molecule has 0 radical (unpaired) electrons. The van der Waals surface area contributed by atoms with Crippen LogP contribution in [0.25, 0.3) is 22.2 Å². The van der Waals surface area contributed by atoms with Gasteiger partial charge in [0.15, 0.2) is 0 Å². The van der Waals surface area contributed by atoms with Crippen LogP contribution in [0.2, 0.25) is 0 Å². The van der Waals surface area contributed by atoms with Gasteiger partial charge in [-0.25, -0.2) is 14.8 Å². The van der Waals surface area contributed by atoms with Crippen LogP contribution in [-0.2, 0) is 9.53 Å². The molecule has 0 bridgehead atoms. The van der Waals surface area contributed by atoms with Crippen LogP contribution in [0.5, 0.6) is 0 Å². The van der Waals surface area contributed by atoms with Gasteiger partial charge in [-0.05, 0) is 64.7 Å². The first-order valence-electron chi connectivity index (χ1n) is 14.3. The third kappa shape index (κ3) is 7.12. The van der Waals surface area contributed by atoms with Crippen LogP contribution >= 0.6 is 0 Å². The van der Waals surface area contributed by atoms with E-state index in [0.29, 0.717) is 28.1 Å². The number of para-hydroxylation sites is 1. The minimum Gasteiger partial charge on any atom is -0.459 e. The van der Waals surface area contributed by atoms with Crippen molar-refractivity contribution in [3.8, 4) is 11.3 Å². The van der Waals surface area contributed by atoms with Crippen molar-refractivity contribution in [2.75, 3.05) is 49.8 Å². The van der Waals surface area contributed by atoms with Gasteiger partial charge in [-0.15, -0.1) is 0 Å². The fourth-order valence-corrected chi connectivity index (χ4v) is 4.72. The minimum atomic E-state index is -0.572.